The van der Waals surface area contributed by atoms with Gasteiger partial charge in [0.1, 0.15) is 11.3 Å². The smallest absolute Gasteiger partial charge is 0.449 e. The molecule has 1 aliphatic rings. The summed E-state index contributed by atoms with van der Waals surface area (Å²) < 4.78 is 46.7. The normalized spacial score (nSPS) is 16.1. The number of carbonyl (C=O) groups excluding carboxylic acids is 1. The van der Waals surface area contributed by atoms with E-state index in [1.165, 1.54) is 26.1 Å². The molecule has 3 heterocycles. The fourth-order valence-electron chi connectivity index (χ4n) is 3.89. The molecule has 1 amide bonds. The Bertz CT molecular complexity index is 1190. The summed E-state index contributed by atoms with van der Waals surface area (Å²) >= 11 is 6.16. The zero-order valence-corrected chi connectivity index (χ0v) is 16.4. The Balaban J connectivity index is 1.88. The number of benzene rings is 1. The molecule has 0 bridgehead atoms. The van der Waals surface area contributed by atoms with Gasteiger partial charge in [-0.05, 0) is 18.9 Å². The van der Waals surface area contributed by atoms with Crippen LogP contribution in [0.1, 0.15) is 37.3 Å². The van der Waals surface area contributed by atoms with E-state index in [4.69, 9.17) is 16.0 Å². The van der Waals surface area contributed by atoms with Crippen molar-refractivity contribution in [2.75, 3.05) is 13.1 Å². The fraction of sp³-hybridized carbons (Fsp3) is 0.421. The van der Waals surface area contributed by atoms with Gasteiger partial charge < -0.3 is 13.9 Å². The largest absolute Gasteiger partial charge is 0.458 e. The second-order valence-corrected chi connectivity index (χ2v) is 7.63. The number of rotatable bonds is 1. The molecule has 1 aromatic carbocycles. The van der Waals surface area contributed by atoms with Crippen molar-refractivity contribution in [1.82, 2.24) is 14.5 Å². The molecule has 2 aromatic heterocycles. The molecule has 29 heavy (non-hydrogen) atoms. The molecule has 6 nitrogen and oxygen atoms in total. The van der Waals surface area contributed by atoms with Gasteiger partial charge in [0.05, 0.1) is 15.9 Å². The molecule has 1 saturated heterocycles. The molecule has 0 aliphatic carbocycles. The second-order valence-electron chi connectivity index (χ2n) is 7.22. The van der Waals surface area contributed by atoms with Crippen molar-refractivity contribution in [2.24, 2.45) is 7.05 Å². The van der Waals surface area contributed by atoms with Gasteiger partial charge in [-0.15, -0.1) is 0 Å². The molecule has 4 rings (SSSR count). The SMILES string of the molecule is CC(=O)N1CCC(c2cc(=O)c3cc(Cl)c4c(nc(C(F)(F)F)n4C)c3o2)CC1. The second kappa shape index (κ2) is 6.76. The zero-order chi connectivity index (χ0) is 21.1. The van der Waals surface area contributed by atoms with Crippen LogP contribution in [0.4, 0.5) is 13.2 Å². The summed E-state index contributed by atoms with van der Waals surface area (Å²) in [6.45, 7) is 2.55. The van der Waals surface area contributed by atoms with Crippen LogP contribution in [0.2, 0.25) is 5.02 Å². The number of likely N-dealkylation sites (tertiary alicyclic amines) is 1. The third-order valence-corrected chi connectivity index (χ3v) is 5.70. The van der Waals surface area contributed by atoms with E-state index in [1.807, 2.05) is 0 Å². The van der Waals surface area contributed by atoms with Gasteiger partial charge in [0.15, 0.2) is 11.0 Å². The van der Waals surface area contributed by atoms with Crippen molar-refractivity contribution in [2.45, 2.75) is 31.9 Å². The van der Waals surface area contributed by atoms with E-state index >= 15 is 0 Å². The predicted octanol–water partition coefficient (Wildman–Crippen LogP) is 4.08. The fourth-order valence-corrected chi connectivity index (χ4v) is 4.22. The highest BCUT2D eigenvalue weighted by Crippen LogP contribution is 2.37. The summed E-state index contributed by atoms with van der Waals surface area (Å²) in [6, 6.07) is 2.67. The van der Waals surface area contributed by atoms with Crippen LogP contribution in [0.25, 0.3) is 22.0 Å². The number of aryl methyl sites for hydroxylation is 1. The summed E-state index contributed by atoms with van der Waals surface area (Å²) in [5, 5.41) is 0.0760. The van der Waals surface area contributed by atoms with Crippen LogP contribution in [0.3, 0.4) is 0 Å². The van der Waals surface area contributed by atoms with Crippen LogP contribution in [-0.2, 0) is 18.0 Å². The van der Waals surface area contributed by atoms with E-state index in [0.29, 0.717) is 31.7 Å². The molecule has 0 saturated carbocycles. The van der Waals surface area contributed by atoms with E-state index in [9.17, 15) is 22.8 Å². The van der Waals surface area contributed by atoms with Crippen LogP contribution < -0.4 is 5.43 Å². The van der Waals surface area contributed by atoms with E-state index < -0.39 is 17.4 Å². The van der Waals surface area contributed by atoms with Gasteiger partial charge in [0.2, 0.25) is 11.7 Å². The van der Waals surface area contributed by atoms with E-state index in [0.717, 1.165) is 4.57 Å². The molecular formula is C19H17ClF3N3O3. The van der Waals surface area contributed by atoms with Crippen molar-refractivity contribution < 1.29 is 22.4 Å². The Hall–Kier alpha value is -2.55. The van der Waals surface area contributed by atoms with Crippen LogP contribution >= 0.6 is 11.6 Å². The first kappa shape index (κ1) is 19.8. The highest BCUT2D eigenvalue weighted by atomic mass is 35.5. The molecule has 0 radical (unpaired) electrons. The lowest BCUT2D eigenvalue weighted by molar-refractivity contribution is -0.146. The van der Waals surface area contributed by atoms with Crippen molar-refractivity contribution in [1.29, 1.82) is 0 Å². The zero-order valence-electron chi connectivity index (χ0n) is 15.6. The minimum absolute atomic E-state index is 0.00665. The van der Waals surface area contributed by atoms with Crippen LogP contribution in [0.5, 0.6) is 0 Å². The van der Waals surface area contributed by atoms with Crippen molar-refractivity contribution in [3.63, 3.8) is 0 Å². The van der Waals surface area contributed by atoms with E-state index in [-0.39, 0.29) is 38.9 Å². The van der Waals surface area contributed by atoms with Crippen molar-refractivity contribution in [3.05, 3.63) is 39.0 Å². The lowest BCUT2D eigenvalue weighted by Crippen LogP contribution is -2.36. The van der Waals surface area contributed by atoms with Gasteiger partial charge in [-0.25, -0.2) is 4.98 Å². The third kappa shape index (κ3) is 3.27. The van der Waals surface area contributed by atoms with Gasteiger partial charge in [0, 0.05) is 39.0 Å². The maximum atomic E-state index is 13.3. The van der Waals surface area contributed by atoms with E-state index in [2.05, 4.69) is 4.98 Å². The lowest BCUT2D eigenvalue weighted by Gasteiger charge is -2.30. The summed E-state index contributed by atoms with van der Waals surface area (Å²) in [7, 11) is 1.22. The predicted molar refractivity (Wildman–Crippen MR) is 101 cm³/mol. The first-order valence-corrected chi connectivity index (χ1v) is 9.41. The number of aromatic nitrogens is 2. The van der Waals surface area contributed by atoms with Crippen LogP contribution in [0, 0.1) is 0 Å². The maximum absolute atomic E-state index is 13.3. The molecule has 0 N–H and O–H groups in total. The van der Waals surface area contributed by atoms with Gasteiger partial charge in [0.25, 0.3) is 0 Å². The molecule has 1 aliphatic heterocycles. The molecule has 0 atom stereocenters. The van der Waals surface area contributed by atoms with Crippen LogP contribution in [-0.4, -0.2) is 33.4 Å². The average Bonchev–Trinajstić information content (AvgIpc) is 3.01. The van der Waals surface area contributed by atoms with E-state index in [1.54, 1.807) is 4.90 Å². The Morgan fingerprint density at radius 3 is 2.52 bits per heavy atom. The topological polar surface area (TPSA) is 68.3 Å². The van der Waals surface area contributed by atoms with Crippen molar-refractivity contribution >= 4 is 39.5 Å². The number of amides is 1. The minimum Gasteiger partial charge on any atom is -0.458 e. The number of fused-ring (bicyclic) bond motifs is 3. The van der Waals surface area contributed by atoms with Gasteiger partial charge >= 0.3 is 6.18 Å². The number of piperidine rings is 1. The highest BCUT2D eigenvalue weighted by Gasteiger charge is 2.38. The number of halogens is 4. The summed E-state index contributed by atoms with van der Waals surface area (Å²) in [4.78, 5) is 29.6. The van der Waals surface area contributed by atoms with Gasteiger partial charge in [-0.2, -0.15) is 13.2 Å². The Kier molecular flexibility index (Phi) is 4.60. The molecule has 0 unspecified atom stereocenters. The molecule has 3 aromatic rings. The number of hydrogen-bond donors (Lipinski definition) is 0. The van der Waals surface area contributed by atoms with Crippen molar-refractivity contribution in [3.8, 4) is 0 Å². The number of alkyl halides is 3. The number of carbonyl (C=O) groups is 1. The third-order valence-electron chi connectivity index (χ3n) is 5.41. The first-order chi connectivity index (χ1) is 13.6. The molecular weight excluding hydrogens is 411 g/mol. The average molecular weight is 428 g/mol. The monoisotopic (exact) mass is 427 g/mol. The molecule has 154 valence electrons. The highest BCUT2D eigenvalue weighted by molar-refractivity contribution is 6.36. The molecule has 0 spiro atoms. The molecule has 1 fully saturated rings. The quantitative estimate of drug-likeness (QED) is 0.587. The Labute approximate surface area is 167 Å². The summed E-state index contributed by atoms with van der Waals surface area (Å²) in [5.74, 6) is -0.870. The summed E-state index contributed by atoms with van der Waals surface area (Å²) in [5.41, 5.74) is -0.439. The standard InChI is InChI=1S/C19H17ClF3N3O3/c1-9(27)26-5-3-10(4-6-26)14-8-13(28)11-7-12(20)16-15(17(11)29-14)24-18(25(16)2)19(21,22)23/h7-8,10H,3-6H2,1-2H3. The maximum Gasteiger partial charge on any atom is 0.449 e. The van der Waals surface area contributed by atoms with Crippen LogP contribution in [0.15, 0.2) is 21.3 Å². The van der Waals surface area contributed by atoms with Gasteiger partial charge in [-0.1, -0.05) is 11.6 Å². The number of hydrogen-bond acceptors (Lipinski definition) is 4. The summed E-state index contributed by atoms with van der Waals surface area (Å²) in [6.07, 6.45) is -3.48. The lowest BCUT2D eigenvalue weighted by atomic mass is 9.93. The Morgan fingerprint density at radius 1 is 1.28 bits per heavy atom. The van der Waals surface area contributed by atoms with Gasteiger partial charge in [-0.3, -0.25) is 9.59 Å². The number of nitrogens with zero attached hydrogens (tertiary/aromatic N) is 3. The Morgan fingerprint density at radius 2 is 1.93 bits per heavy atom. The number of imidazole rings is 1. The first-order valence-electron chi connectivity index (χ1n) is 9.03. The minimum atomic E-state index is -4.68. The molecule has 10 heteroatoms.